The van der Waals surface area contributed by atoms with Gasteiger partial charge in [0.25, 0.3) is 0 Å². The summed E-state index contributed by atoms with van der Waals surface area (Å²) in [7, 11) is 1.63. The number of carbonyl (C=O) groups is 1. The van der Waals surface area contributed by atoms with Gasteiger partial charge in [0.05, 0.1) is 5.56 Å². The molecule has 0 fully saturated rings. The average molecular weight is 390 g/mol. The fourth-order valence-electron chi connectivity index (χ4n) is 2.27. The van der Waals surface area contributed by atoms with Crippen molar-refractivity contribution in [3.63, 3.8) is 0 Å². The molecule has 148 valence electrons. The topological polar surface area (TPSA) is 110 Å². The van der Waals surface area contributed by atoms with Crippen molar-refractivity contribution < 1.29 is 9.32 Å². The van der Waals surface area contributed by atoms with E-state index in [-0.39, 0.29) is 17.4 Å². The van der Waals surface area contributed by atoms with Crippen LogP contribution in [0.2, 0.25) is 0 Å². The number of aromatic nitrogens is 3. The first kappa shape index (κ1) is 19.9. The van der Waals surface area contributed by atoms with E-state index < -0.39 is 0 Å². The Balaban J connectivity index is 1.64. The third kappa shape index (κ3) is 5.11. The van der Waals surface area contributed by atoms with Gasteiger partial charge < -0.3 is 15.6 Å². The van der Waals surface area contributed by atoms with Crippen LogP contribution in [0, 0.1) is 11.8 Å². The summed E-state index contributed by atoms with van der Waals surface area (Å²) in [6.07, 6.45) is 3.13. The van der Waals surface area contributed by atoms with Crippen LogP contribution in [0.5, 0.6) is 0 Å². The predicted octanol–water partition coefficient (Wildman–Crippen LogP) is 3.41. The summed E-state index contributed by atoms with van der Waals surface area (Å²) in [5, 5.41) is 6.79. The smallest absolute Gasteiger partial charge is 0.327 e. The van der Waals surface area contributed by atoms with E-state index in [1.54, 1.807) is 37.6 Å². The molecule has 3 aromatic rings. The van der Waals surface area contributed by atoms with Crippen molar-refractivity contribution in [2.75, 3.05) is 23.0 Å². The molecule has 29 heavy (non-hydrogen) atoms. The van der Waals surface area contributed by atoms with E-state index in [4.69, 9.17) is 10.3 Å². The van der Waals surface area contributed by atoms with Gasteiger partial charge in [0.2, 0.25) is 5.95 Å². The van der Waals surface area contributed by atoms with E-state index in [1.165, 1.54) is 4.90 Å². The quantitative estimate of drug-likeness (QED) is 0.649. The van der Waals surface area contributed by atoms with Crippen LogP contribution in [0.4, 0.5) is 22.2 Å². The Labute approximate surface area is 169 Å². The highest BCUT2D eigenvalue weighted by molar-refractivity contribution is 6.00. The molecule has 0 radical (unpaired) electrons. The van der Waals surface area contributed by atoms with Gasteiger partial charge >= 0.3 is 6.03 Å². The number of hydrogen-bond acceptors (Lipinski definition) is 6. The van der Waals surface area contributed by atoms with Crippen LogP contribution in [0.3, 0.4) is 0 Å². The Bertz CT molecular complexity index is 1050. The molecular formula is C21H22N6O2. The predicted molar refractivity (Wildman–Crippen MR) is 111 cm³/mol. The molecule has 2 aromatic heterocycles. The number of hydrogen-bond donors (Lipinski definition) is 2. The number of urea groups is 1. The Morgan fingerprint density at radius 3 is 2.31 bits per heavy atom. The third-order valence-electron chi connectivity index (χ3n) is 4.04. The Morgan fingerprint density at radius 2 is 1.72 bits per heavy atom. The fourth-order valence-corrected chi connectivity index (χ4v) is 2.27. The lowest BCUT2D eigenvalue weighted by atomic mass is 9.93. The minimum atomic E-state index is -0.323. The van der Waals surface area contributed by atoms with E-state index in [1.807, 2.05) is 32.9 Å². The average Bonchev–Trinajstić information content (AvgIpc) is 3.19. The minimum Gasteiger partial charge on any atom is -0.368 e. The number of anilines is 3. The van der Waals surface area contributed by atoms with E-state index in [0.29, 0.717) is 22.8 Å². The summed E-state index contributed by atoms with van der Waals surface area (Å²) in [6.45, 7) is 6.05. The largest absolute Gasteiger partial charge is 0.368 e. The molecule has 1 aromatic carbocycles. The summed E-state index contributed by atoms with van der Waals surface area (Å²) in [5.41, 5.74) is 7.37. The molecule has 0 aliphatic heterocycles. The number of amides is 2. The van der Waals surface area contributed by atoms with E-state index in [2.05, 4.69) is 32.3 Å². The van der Waals surface area contributed by atoms with Crippen molar-refractivity contribution in [2.24, 2.45) is 0 Å². The van der Waals surface area contributed by atoms with Crippen molar-refractivity contribution >= 4 is 23.5 Å². The molecule has 0 aliphatic rings. The van der Waals surface area contributed by atoms with Crippen LogP contribution in [0.15, 0.2) is 47.2 Å². The number of rotatable bonds is 2. The Morgan fingerprint density at radius 1 is 1.10 bits per heavy atom. The molecular weight excluding hydrogens is 368 g/mol. The van der Waals surface area contributed by atoms with Gasteiger partial charge in [-0.3, -0.25) is 4.90 Å². The van der Waals surface area contributed by atoms with Crippen LogP contribution in [-0.4, -0.2) is 28.2 Å². The first-order valence-corrected chi connectivity index (χ1v) is 8.94. The second-order valence-corrected chi connectivity index (χ2v) is 7.45. The lowest BCUT2D eigenvalue weighted by Crippen LogP contribution is -2.31. The molecule has 3 rings (SSSR count). The Hall–Kier alpha value is -3.86. The van der Waals surface area contributed by atoms with Crippen molar-refractivity contribution in [3.05, 3.63) is 59.6 Å². The highest BCUT2D eigenvalue weighted by atomic mass is 16.5. The monoisotopic (exact) mass is 390 g/mol. The highest BCUT2D eigenvalue weighted by Crippen LogP contribution is 2.26. The van der Waals surface area contributed by atoms with Gasteiger partial charge in [-0.1, -0.05) is 37.8 Å². The molecule has 0 atom stereocenters. The van der Waals surface area contributed by atoms with Crippen LogP contribution < -0.4 is 16.0 Å². The second-order valence-electron chi connectivity index (χ2n) is 7.45. The number of nitrogens with one attached hydrogen (secondary N) is 1. The van der Waals surface area contributed by atoms with Crippen molar-refractivity contribution in [2.45, 2.75) is 26.2 Å². The molecule has 2 amide bonds. The van der Waals surface area contributed by atoms with Crippen molar-refractivity contribution in [1.29, 1.82) is 0 Å². The van der Waals surface area contributed by atoms with Crippen LogP contribution in [0.1, 0.15) is 37.7 Å². The summed E-state index contributed by atoms with van der Waals surface area (Å²) < 4.78 is 5.33. The van der Waals surface area contributed by atoms with Crippen molar-refractivity contribution in [1.82, 2.24) is 15.1 Å². The highest BCUT2D eigenvalue weighted by Gasteiger charge is 2.22. The number of nitrogen functional groups attached to an aromatic ring is 1. The van der Waals surface area contributed by atoms with Gasteiger partial charge in [0.15, 0.2) is 5.82 Å². The molecule has 8 nitrogen and oxygen atoms in total. The van der Waals surface area contributed by atoms with E-state index in [9.17, 15) is 4.79 Å². The van der Waals surface area contributed by atoms with Gasteiger partial charge in [-0.15, -0.1) is 0 Å². The van der Waals surface area contributed by atoms with E-state index in [0.717, 1.165) is 5.56 Å². The molecule has 0 unspecified atom stereocenters. The SMILES string of the molecule is CN(C(=O)Nc1ccc(C#Cc2cnc(N)nc2)cc1)c1cc(C(C)(C)C)on1. The zero-order valence-electron chi connectivity index (χ0n) is 16.7. The summed E-state index contributed by atoms with van der Waals surface area (Å²) in [5.74, 6) is 7.33. The van der Waals surface area contributed by atoms with Crippen LogP contribution >= 0.6 is 0 Å². The minimum absolute atomic E-state index is 0.183. The molecule has 8 heteroatoms. The molecule has 0 spiro atoms. The van der Waals surface area contributed by atoms with Crippen LogP contribution in [-0.2, 0) is 5.41 Å². The van der Waals surface area contributed by atoms with Gasteiger partial charge in [-0.05, 0) is 24.3 Å². The zero-order chi connectivity index (χ0) is 21.0. The first-order valence-electron chi connectivity index (χ1n) is 8.94. The van der Waals surface area contributed by atoms with E-state index >= 15 is 0 Å². The molecule has 0 bridgehead atoms. The van der Waals surface area contributed by atoms with Gasteiger partial charge in [-0.2, -0.15) is 0 Å². The zero-order valence-corrected chi connectivity index (χ0v) is 16.7. The molecule has 0 saturated carbocycles. The maximum Gasteiger partial charge on any atom is 0.327 e. The van der Waals surface area contributed by atoms with Gasteiger partial charge in [0, 0.05) is 42.2 Å². The molecule has 0 saturated heterocycles. The normalized spacial score (nSPS) is 10.8. The summed E-state index contributed by atoms with van der Waals surface area (Å²) in [6, 6.07) is 8.62. The molecule has 2 heterocycles. The second kappa shape index (κ2) is 8.02. The number of nitrogens with zero attached hydrogens (tertiary/aromatic N) is 4. The first-order chi connectivity index (χ1) is 13.7. The standard InChI is InChI=1S/C21H22N6O2/c1-21(2,3)17-11-18(26-29-17)27(4)20(28)25-16-9-7-14(8-10-16)5-6-15-12-23-19(22)24-13-15/h7-13H,1-4H3,(H,25,28)(H2,22,23,24). The lowest BCUT2D eigenvalue weighted by Gasteiger charge is -2.15. The molecule has 0 aliphatic carbocycles. The fraction of sp³-hybridized carbons (Fsp3) is 0.238. The molecule has 3 N–H and O–H groups in total. The number of carbonyl (C=O) groups excluding carboxylic acids is 1. The maximum absolute atomic E-state index is 12.5. The van der Waals surface area contributed by atoms with Gasteiger partial charge in [0.1, 0.15) is 5.76 Å². The Kier molecular flexibility index (Phi) is 5.50. The van der Waals surface area contributed by atoms with Crippen LogP contribution in [0.25, 0.3) is 0 Å². The van der Waals surface area contributed by atoms with Gasteiger partial charge in [-0.25, -0.2) is 14.8 Å². The summed E-state index contributed by atoms with van der Waals surface area (Å²) >= 11 is 0. The number of nitrogens with two attached hydrogens (primary N) is 1. The number of benzene rings is 1. The third-order valence-corrected chi connectivity index (χ3v) is 4.04. The van der Waals surface area contributed by atoms with Crippen molar-refractivity contribution in [3.8, 4) is 11.8 Å². The maximum atomic E-state index is 12.5. The lowest BCUT2D eigenvalue weighted by molar-refractivity contribution is 0.257. The summed E-state index contributed by atoms with van der Waals surface area (Å²) in [4.78, 5) is 21.7.